The zero-order valence-electron chi connectivity index (χ0n) is 10.4. The van der Waals surface area contributed by atoms with E-state index in [0.717, 1.165) is 23.8 Å². The second-order valence-electron chi connectivity index (χ2n) is 4.42. The van der Waals surface area contributed by atoms with E-state index in [2.05, 4.69) is 4.98 Å². The Morgan fingerprint density at radius 2 is 1.79 bits per heavy atom. The second-order valence-corrected chi connectivity index (χ2v) is 4.42. The van der Waals surface area contributed by atoms with Crippen LogP contribution in [0.15, 0.2) is 36.7 Å². The van der Waals surface area contributed by atoms with Crippen LogP contribution in [0.25, 0.3) is 0 Å². The van der Waals surface area contributed by atoms with E-state index in [1.807, 2.05) is 6.92 Å². The molecule has 1 atom stereocenters. The van der Waals surface area contributed by atoms with E-state index < -0.39 is 11.6 Å². The van der Waals surface area contributed by atoms with E-state index >= 15 is 0 Å². The highest BCUT2D eigenvalue weighted by Gasteiger charge is 2.05. The third-order valence-corrected chi connectivity index (χ3v) is 2.40. The van der Waals surface area contributed by atoms with Gasteiger partial charge in [-0.1, -0.05) is 0 Å². The molecule has 0 radical (unpaired) electrons. The van der Waals surface area contributed by atoms with Crippen LogP contribution in [0.4, 0.5) is 8.78 Å². The molecule has 0 fully saturated rings. The van der Waals surface area contributed by atoms with Crippen molar-refractivity contribution >= 4 is 0 Å². The Kier molecular flexibility index (Phi) is 4.06. The highest BCUT2D eigenvalue weighted by molar-refractivity contribution is 5.32. The number of pyridine rings is 1. The van der Waals surface area contributed by atoms with Crippen molar-refractivity contribution in [2.24, 2.45) is 5.73 Å². The van der Waals surface area contributed by atoms with Crippen molar-refractivity contribution in [3.05, 3.63) is 53.9 Å². The lowest BCUT2D eigenvalue weighted by Crippen LogP contribution is -2.17. The first-order valence-corrected chi connectivity index (χ1v) is 5.86. The van der Waals surface area contributed by atoms with Gasteiger partial charge in [0, 0.05) is 30.4 Å². The first kappa shape index (κ1) is 13.4. The van der Waals surface area contributed by atoms with E-state index in [1.165, 1.54) is 6.20 Å². The minimum Gasteiger partial charge on any atom is -0.456 e. The van der Waals surface area contributed by atoms with Crippen molar-refractivity contribution < 1.29 is 13.5 Å². The standard InChI is InChI=1S/C14H14F2N2O/c1-9(17)2-10-3-14(8-18-7-10)19-13-5-11(15)4-12(16)6-13/h3-9H,2,17H2,1H3. The Labute approximate surface area is 110 Å². The van der Waals surface area contributed by atoms with Gasteiger partial charge in [-0.05, 0) is 25.0 Å². The van der Waals surface area contributed by atoms with Crippen molar-refractivity contribution in [3.63, 3.8) is 0 Å². The smallest absolute Gasteiger partial charge is 0.145 e. The third-order valence-electron chi connectivity index (χ3n) is 2.40. The fourth-order valence-electron chi connectivity index (χ4n) is 1.73. The van der Waals surface area contributed by atoms with Crippen molar-refractivity contribution in [3.8, 4) is 11.5 Å². The average Bonchev–Trinajstić information content (AvgIpc) is 2.26. The summed E-state index contributed by atoms with van der Waals surface area (Å²) < 4.78 is 31.4. The van der Waals surface area contributed by atoms with E-state index in [0.29, 0.717) is 12.2 Å². The first-order chi connectivity index (χ1) is 9.02. The number of rotatable bonds is 4. The van der Waals surface area contributed by atoms with Gasteiger partial charge in [-0.3, -0.25) is 4.98 Å². The molecule has 1 unspecified atom stereocenters. The molecule has 2 rings (SSSR count). The molecule has 0 aliphatic rings. The molecule has 1 aromatic heterocycles. The van der Waals surface area contributed by atoms with Gasteiger partial charge in [0.1, 0.15) is 23.1 Å². The summed E-state index contributed by atoms with van der Waals surface area (Å²) in [6, 6.07) is 4.77. The number of nitrogens with two attached hydrogens (primary N) is 1. The van der Waals surface area contributed by atoms with Crippen LogP contribution in [0.5, 0.6) is 11.5 Å². The molecule has 0 bridgehead atoms. The summed E-state index contributed by atoms with van der Waals surface area (Å²) in [6.45, 7) is 1.88. The predicted molar refractivity (Wildman–Crippen MR) is 68.0 cm³/mol. The zero-order chi connectivity index (χ0) is 13.8. The second kappa shape index (κ2) is 5.75. The summed E-state index contributed by atoms with van der Waals surface area (Å²) >= 11 is 0. The Bertz CT molecular complexity index is 553. The molecule has 1 heterocycles. The lowest BCUT2D eigenvalue weighted by Gasteiger charge is -2.08. The molecule has 3 nitrogen and oxygen atoms in total. The van der Waals surface area contributed by atoms with Gasteiger partial charge in [-0.2, -0.15) is 0 Å². The number of benzene rings is 1. The monoisotopic (exact) mass is 264 g/mol. The number of aromatic nitrogens is 1. The molecular weight excluding hydrogens is 250 g/mol. The van der Waals surface area contributed by atoms with Gasteiger partial charge in [0.2, 0.25) is 0 Å². The van der Waals surface area contributed by atoms with Gasteiger partial charge in [-0.15, -0.1) is 0 Å². The summed E-state index contributed by atoms with van der Waals surface area (Å²) in [5, 5.41) is 0. The molecule has 2 N–H and O–H groups in total. The topological polar surface area (TPSA) is 48.1 Å². The maximum absolute atomic E-state index is 13.0. The summed E-state index contributed by atoms with van der Waals surface area (Å²) in [6.07, 6.45) is 3.82. The highest BCUT2D eigenvalue weighted by Crippen LogP contribution is 2.23. The van der Waals surface area contributed by atoms with Crippen LogP contribution in [-0.2, 0) is 6.42 Å². The van der Waals surface area contributed by atoms with Crippen molar-refractivity contribution in [1.82, 2.24) is 4.98 Å². The normalized spacial score (nSPS) is 12.2. The number of hydrogen-bond acceptors (Lipinski definition) is 3. The lowest BCUT2D eigenvalue weighted by molar-refractivity contribution is 0.465. The number of ether oxygens (including phenoxy) is 1. The molecule has 100 valence electrons. The number of halogens is 2. The van der Waals surface area contributed by atoms with Gasteiger partial charge < -0.3 is 10.5 Å². The van der Waals surface area contributed by atoms with E-state index in [1.54, 1.807) is 12.3 Å². The molecule has 1 aromatic carbocycles. The highest BCUT2D eigenvalue weighted by atomic mass is 19.1. The third kappa shape index (κ3) is 3.99. The molecule has 0 spiro atoms. The Hall–Kier alpha value is -2.01. The van der Waals surface area contributed by atoms with E-state index in [-0.39, 0.29) is 11.8 Å². The molecule has 5 heteroatoms. The van der Waals surface area contributed by atoms with Crippen LogP contribution >= 0.6 is 0 Å². The summed E-state index contributed by atoms with van der Waals surface area (Å²) in [4.78, 5) is 4.01. The van der Waals surface area contributed by atoms with Crippen molar-refractivity contribution in [2.75, 3.05) is 0 Å². The molecule has 0 aliphatic carbocycles. The van der Waals surface area contributed by atoms with Crippen LogP contribution in [0.1, 0.15) is 12.5 Å². The van der Waals surface area contributed by atoms with Crippen LogP contribution < -0.4 is 10.5 Å². The minimum atomic E-state index is -0.685. The fraction of sp³-hybridized carbons (Fsp3) is 0.214. The number of nitrogens with zero attached hydrogens (tertiary/aromatic N) is 1. The van der Waals surface area contributed by atoms with Gasteiger partial charge in [-0.25, -0.2) is 8.78 Å². The van der Waals surface area contributed by atoms with Gasteiger partial charge in [0.15, 0.2) is 0 Å². The average molecular weight is 264 g/mol. The Morgan fingerprint density at radius 1 is 1.11 bits per heavy atom. The fourth-order valence-corrected chi connectivity index (χ4v) is 1.73. The molecule has 2 aromatic rings. The summed E-state index contributed by atoms with van der Waals surface area (Å²) in [5.74, 6) is -0.857. The molecule has 0 amide bonds. The van der Waals surface area contributed by atoms with E-state index in [4.69, 9.17) is 10.5 Å². The minimum absolute atomic E-state index is 0.00339. The van der Waals surface area contributed by atoms with Gasteiger partial charge in [0.25, 0.3) is 0 Å². The van der Waals surface area contributed by atoms with Crippen LogP contribution in [-0.4, -0.2) is 11.0 Å². The summed E-state index contributed by atoms with van der Waals surface area (Å²) in [5.41, 5.74) is 6.61. The van der Waals surface area contributed by atoms with E-state index in [9.17, 15) is 8.78 Å². The summed E-state index contributed by atoms with van der Waals surface area (Å²) in [7, 11) is 0. The van der Waals surface area contributed by atoms with Crippen molar-refractivity contribution in [2.45, 2.75) is 19.4 Å². The maximum Gasteiger partial charge on any atom is 0.145 e. The predicted octanol–water partition coefficient (Wildman–Crippen LogP) is 3.04. The molecule has 0 aliphatic heterocycles. The van der Waals surface area contributed by atoms with Crippen LogP contribution in [0.2, 0.25) is 0 Å². The van der Waals surface area contributed by atoms with Crippen LogP contribution in [0, 0.1) is 11.6 Å². The lowest BCUT2D eigenvalue weighted by atomic mass is 10.1. The largest absolute Gasteiger partial charge is 0.456 e. The quantitative estimate of drug-likeness (QED) is 0.923. The van der Waals surface area contributed by atoms with Crippen molar-refractivity contribution in [1.29, 1.82) is 0 Å². The van der Waals surface area contributed by atoms with Gasteiger partial charge in [0.05, 0.1) is 6.20 Å². The van der Waals surface area contributed by atoms with Gasteiger partial charge >= 0.3 is 0 Å². The Balaban J connectivity index is 2.18. The Morgan fingerprint density at radius 3 is 2.42 bits per heavy atom. The SMILES string of the molecule is CC(N)Cc1cncc(Oc2cc(F)cc(F)c2)c1. The zero-order valence-corrected chi connectivity index (χ0v) is 10.4. The number of hydrogen-bond donors (Lipinski definition) is 1. The molecule has 19 heavy (non-hydrogen) atoms. The molecule has 0 saturated heterocycles. The molecule has 0 saturated carbocycles. The first-order valence-electron chi connectivity index (χ1n) is 5.86. The maximum atomic E-state index is 13.0. The molecular formula is C14H14F2N2O. The van der Waals surface area contributed by atoms with Crippen LogP contribution in [0.3, 0.4) is 0 Å².